The lowest BCUT2D eigenvalue weighted by atomic mass is 9.77. The van der Waals surface area contributed by atoms with Gasteiger partial charge in [0.2, 0.25) is 5.91 Å². The molecule has 4 nitrogen and oxygen atoms in total. The van der Waals surface area contributed by atoms with E-state index in [1.54, 1.807) is 0 Å². The molecule has 24 heavy (non-hydrogen) atoms. The summed E-state index contributed by atoms with van der Waals surface area (Å²) in [5.74, 6) is 2.63. The molecule has 1 aliphatic heterocycles. The maximum absolute atomic E-state index is 13.1. The van der Waals surface area contributed by atoms with Crippen LogP contribution >= 0.6 is 0 Å². The van der Waals surface area contributed by atoms with Gasteiger partial charge in [-0.25, -0.2) is 9.97 Å². The molecule has 0 bridgehead atoms. The van der Waals surface area contributed by atoms with E-state index >= 15 is 0 Å². The normalized spacial score (nSPS) is 31.4. The van der Waals surface area contributed by atoms with Crippen LogP contribution in [0.15, 0.2) is 18.3 Å². The van der Waals surface area contributed by atoms with Crippen molar-refractivity contribution >= 4 is 5.91 Å². The van der Waals surface area contributed by atoms with Gasteiger partial charge in [0.25, 0.3) is 0 Å². The van der Waals surface area contributed by atoms with Crippen molar-refractivity contribution in [3.8, 4) is 0 Å². The van der Waals surface area contributed by atoms with Gasteiger partial charge in [-0.05, 0) is 37.2 Å². The second-order valence-corrected chi connectivity index (χ2v) is 8.34. The molecule has 1 aromatic rings. The zero-order chi connectivity index (χ0) is 16.9. The predicted molar refractivity (Wildman–Crippen MR) is 93.7 cm³/mol. The lowest BCUT2D eigenvalue weighted by Crippen LogP contribution is -2.42. The highest BCUT2D eigenvalue weighted by molar-refractivity contribution is 5.83. The van der Waals surface area contributed by atoms with Crippen molar-refractivity contribution in [1.29, 1.82) is 0 Å². The second-order valence-electron chi connectivity index (χ2n) is 8.34. The molecule has 3 atom stereocenters. The minimum atomic E-state index is -0.200. The zero-order valence-electron chi connectivity index (χ0n) is 15.0. The largest absolute Gasteiger partial charge is 0.341 e. The van der Waals surface area contributed by atoms with E-state index in [0.717, 1.165) is 44.6 Å². The molecule has 1 aromatic heterocycles. The standard InChI is InChI=1S/C20H27N3O/c1-13(2)18-21-10-15-16-12-23(11-14(16)9-17(15)22-18)19(24)20(3)7-5-4-6-8-20/h4-5,10,13-14,16H,6-9,11-12H2,1-3H3. The van der Waals surface area contributed by atoms with E-state index in [0.29, 0.717) is 23.7 Å². The van der Waals surface area contributed by atoms with E-state index in [1.165, 1.54) is 11.3 Å². The summed E-state index contributed by atoms with van der Waals surface area (Å²) < 4.78 is 0. The quantitative estimate of drug-likeness (QED) is 0.783. The molecular formula is C20H27N3O. The third-order valence-corrected chi connectivity index (χ3v) is 6.13. The van der Waals surface area contributed by atoms with Crippen LogP contribution in [-0.2, 0) is 11.2 Å². The summed E-state index contributed by atoms with van der Waals surface area (Å²) in [4.78, 5) is 24.5. The Morgan fingerprint density at radius 3 is 2.88 bits per heavy atom. The minimum absolute atomic E-state index is 0.200. The van der Waals surface area contributed by atoms with Gasteiger partial charge in [-0.3, -0.25) is 4.79 Å². The molecule has 1 saturated heterocycles. The Morgan fingerprint density at radius 1 is 1.33 bits per heavy atom. The van der Waals surface area contributed by atoms with Gasteiger partial charge in [-0.2, -0.15) is 0 Å². The number of amides is 1. The van der Waals surface area contributed by atoms with Crippen molar-refractivity contribution in [2.45, 2.75) is 58.3 Å². The Balaban J connectivity index is 1.52. The van der Waals surface area contributed by atoms with Crippen LogP contribution in [0, 0.1) is 11.3 Å². The van der Waals surface area contributed by atoms with E-state index in [9.17, 15) is 4.79 Å². The molecule has 0 spiro atoms. The third-order valence-electron chi connectivity index (χ3n) is 6.13. The van der Waals surface area contributed by atoms with Crippen LogP contribution in [0.3, 0.4) is 0 Å². The van der Waals surface area contributed by atoms with Gasteiger partial charge in [-0.15, -0.1) is 0 Å². The first-order valence-electron chi connectivity index (χ1n) is 9.28. The van der Waals surface area contributed by atoms with Gasteiger partial charge in [0.15, 0.2) is 0 Å². The average molecular weight is 325 g/mol. The summed E-state index contributed by atoms with van der Waals surface area (Å²) in [6.07, 6.45) is 10.3. The van der Waals surface area contributed by atoms with Crippen molar-refractivity contribution in [1.82, 2.24) is 14.9 Å². The molecule has 4 heteroatoms. The first kappa shape index (κ1) is 15.8. The number of hydrogen-bond acceptors (Lipinski definition) is 3. The predicted octanol–water partition coefficient (Wildman–Crippen LogP) is 3.44. The van der Waals surface area contributed by atoms with Gasteiger partial charge >= 0.3 is 0 Å². The van der Waals surface area contributed by atoms with Crippen molar-refractivity contribution in [2.24, 2.45) is 11.3 Å². The smallest absolute Gasteiger partial charge is 0.228 e. The number of hydrogen-bond donors (Lipinski definition) is 0. The highest BCUT2D eigenvalue weighted by Crippen LogP contribution is 2.44. The number of fused-ring (bicyclic) bond motifs is 3. The lowest BCUT2D eigenvalue weighted by molar-refractivity contribution is -0.140. The fourth-order valence-corrected chi connectivity index (χ4v) is 4.58. The molecule has 3 unspecified atom stereocenters. The molecular weight excluding hydrogens is 298 g/mol. The number of nitrogens with zero attached hydrogens (tertiary/aromatic N) is 3. The number of carbonyl (C=O) groups is 1. The fourth-order valence-electron chi connectivity index (χ4n) is 4.58. The Bertz CT molecular complexity index is 696. The van der Waals surface area contributed by atoms with Crippen molar-refractivity contribution in [2.75, 3.05) is 13.1 Å². The van der Waals surface area contributed by atoms with Crippen molar-refractivity contribution in [3.05, 3.63) is 35.4 Å². The maximum atomic E-state index is 13.1. The van der Waals surface area contributed by atoms with Crippen molar-refractivity contribution < 1.29 is 4.79 Å². The summed E-state index contributed by atoms with van der Waals surface area (Å²) in [5, 5.41) is 0. The van der Waals surface area contributed by atoms with Gasteiger partial charge in [0.05, 0.1) is 5.41 Å². The lowest BCUT2D eigenvalue weighted by Gasteiger charge is -2.34. The number of aromatic nitrogens is 2. The number of likely N-dealkylation sites (tertiary alicyclic amines) is 1. The molecule has 0 saturated carbocycles. The molecule has 0 radical (unpaired) electrons. The van der Waals surface area contributed by atoms with Gasteiger partial charge in [0, 0.05) is 36.8 Å². The molecule has 2 aliphatic carbocycles. The summed E-state index contributed by atoms with van der Waals surface area (Å²) in [5.41, 5.74) is 2.31. The van der Waals surface area contributed by atoms with Crippen LogP contribution in [0.4, 0.5) is 0 Å². The number of carbonyl (C=O) groups excluding carboxylic acids is 1. The molecule has 0 aromatic carbocycles. The third kappa shape index (κ3) is 2.47. The molecule has 1 amide bonds. The van der Waals surface area contributed by atoms with E-state index in [1.807, 2.05) is 6.20 Å². The minimum Gasteiger partial charge on any atom is -0.341 e. The van der Waals surface area contributed by atoms with Crippen LogP contribution in [0.2, 0.25) is 0 Å². The van der Waals surface area contributed by atoms with E-state index in [2.05, 4.69) is 42.8 Å². The topological polar surface area (TPSA) is 46.1 Å². The highest BCUT2D eigenvalue weighted by atomic mass is 16.2. The van der Waals surface area contributed by atoms with Crippen LogP contribution in [-0.4, -0.2) is 33.9 Å². The van der Waals surface area contributed by atoms with E-state index < -0.39 is 0 Å². The first-order valence-corrected chi connectivity index (χ1v) is 9.28. The fraction of sp³-hybridized carbons (Fsp3) is 0.650. The highest BCUT2D eigenvalue weighted by Gasteiger charge is 2.46. The van der Waals surface area contributed by atoms with Crippen LogP contribution in [0.1, 0.15) is 69.0 Å². The summed E-state index contributed by atoms with van der Waals surface area (Å²) in [7, 11) is 0. The Labute approximate surface area is 144 Å². The summed E-state index contributed by atoms with van der Waals surface area (Å²) in [6.45, 7) is 8.14. The number of rotatable bonds is 2. The molecule has 4 rings (SSSR count). The Kier molecular flexibility index (Phi) is 3.74. The molecule has 2 heterocycles. The van der Waals surface area contributed by atoms with Gasteiger partial charge < -0.3 is 4.90 Å². The molecule has 0 N–H and O–H groups in total. The first-order chi connectivity index (χ1) is 11.5. The van der Waals surface area contributed by atoms with Gasteiger partial charge in [-0.1, -0.05) is 32.9 Å². The average Bonchev–Trinajstić information content (AvgIpc) is 3.11. The van der Waals surface area contributed by atoms with Crippen LogP contribution in [0.25, 0.3) is 0 Å². The SMILES string of the molecule is CC(C)c1ncc2c(n1)CC1CN(C(=O)C3(C)CC=CCC3)CC21. The molecule has 3 aliphatic rings. The maximum Gasteiger partial charge on any atom is 0.228 e. The van der Waals surface area contributed by atoms with Crippen LogP contribution < -0.4 is 0 Å². The summed E-state index contributed by atoms with van der Waals surface area (Å²) >= 11 is 0. The van der Waals surface area contributed by atoms with Gasteiger partial charge in [0.1, 0.15) is 5.82 Å². The van der Waals surface area contributed by atoms with E-state index in [4.69, 9.17) is 4.98 Å². The van der Waals surface area contributed by atoms with E-state index in [-0.39, 0.29) is 5.41 Å². The Morgan fingerprint density at radius 2 is 2.17 bits per heavy atom. The summed E-state index contributed by atoms with van der Waals surface area (Å²) in [6, 6.07) is 0. The monoisotopic (exact) mass is 325 g/mol. The zero-order valence-corrected chi connectivity index (χ0v) is 15.0. The Hall–Kier alpha value is -1.71. The molecule has 128 valence electrons. The van der Waals surface area contributed by atoms with Crippen LogP contribution in [0.5, 0.6) is 0 Å². The van der Waals surface area contributed by atoms with Crippen molar-refractivity contribution in [3.63, 3.8) is 0 Å². The molecule has 1 fully saturated rings. The second kappa shape index (κ2) is 5.68. The number of allylic oxidation sites excluding steroid dienone is 2.